The van der Waals surface area contributed by atoms with E-state index in [1.165, 1.54) is 70.4 Å². The normalized spacial score (nSPS) is 10.7. The number of ether oxygens (including phenoxy) is 1. The van der Waals surface area contributed by atoms with E-state index in [4.69, 9.17) is 4.74 Å². The van der Waals surface area contributed by atoms with Gasteiger partial charge in [-0.2, -0.15) is 0 Å². The summed E-state index contributed by atoms with van der Waals surface area (Å²) < 4.78 is 6.25. The molecular weight excluding hydrogens is 262 g/mol. The molecule has 0 saturated heterocycles. The van der Waals surface area contributed by atoms with Crippen molar-refractivity contribution in [2.24, 2.45) is 0 Å². The van der Waals surface area contributed by atoms with E-state index in [0.717, 1.165) is 11.2 Å². The van der Waals surface area contributed by atoms with Crippen molar-refractivity contribution in [3.8, 4) is 5.88 Å². The average molecular weight is 293 g/mol. The predicted octanol–water partition coefficient (Wildman–Crippen LogP) is 5.01. The Balaban J connectivity index is 1.84. The molecule has 0 N–H and O–H groups in total. The number of hydrogen-bond acceptors (Lipinski definition) is 2. The molecule has 0 unspecified atom stereocenters. The van der Waals surface area contributed by atoms with Gasteiger partial charge in [-0.1, -0.05) is 71.1 Å². The largest absolute Gasteiger partial charge is 0.616 e. The van der Waals surface area contributed by atoms with Crippen molar-refractivity contribution in [2.45, 2.75) is 77.6 Å². The molecule has 1 aromatic heterocycles. The molecule has 0 radical (unpaired) electrons. The van der Waals surface area contributed by atoms with E-state index in [-0.39, 0.29) is 0 Å². The van der Waals surface area contributed by atoms with E-state index >= 15 is 0 Å². The first-order valence-corrected chi connectivity index (χ1v) is 8.65. The molecule has 21 heavy (non-hydrogen) atoms. The van der Waals surface area contributed by atoms with E-state index < -0.39 is 0 Å². The lowest BCUT2D eigenvalue weighted by atomic mass is 10.1. The molecule has 1 rings (SSSR count). The van der Waals surface area contributed by atoms with Gasteiger partial charge < -0.3 is 9.94 Å². The van der Waals surface area contributed by atoms with E-state index in [2.05, 4.69) is 6.92 Å². The number of pyridine rings is 1. The molecule has 1 heterocycles. The molecule has 0 saturated carbocycles. The van der Waals surface area contributed by atoms with Gasteiger partial charge in [-0.15, -0.1) is 4.73 Å². The summed E-state index contributed by atoms with van der Waals surface area (Å²) in [6.07, 6.45) is 16.0. The minimum atomic E-state index is 0.407. The fourth-order valence-corrected chi connectivity index (χ4v) is 2.47. The van der Waals surface area contributed by atoms with E-state index in [1.807, 2.05) is 6.07 Å². The van der Waals surface area contributed by atoms with Gasteiger partial charge in [-0.3, -0.25) is 0 Å². The molecule has 120 valence electrons. The smallest absolute Gasteiger partial charge is 0.379 e. The number of aromatic nitrogens is 1. The molecule has 3 heteroatoms. The van der Waals surface area contributed by atoms with Crippen LogP contribution in [-0.4, -0.2) is 6.61 Å². The summed E-state index contributed by atoms with van der Waals surface area (Å²) in [4.78, 5) is 0. The van der Waals surface area contributed by atoms with E-state index in [9.17, 15) is 5.21 Å². The fourth-order valence-electron chi connectivity index (χ4n) is 2.47. The zero-order valence-electron chi connectivity index (χ0n) is 13.6. The summed E-state index contributed by atoms with van der Waals surface area (Å²) in [5.41, 5.74) is 0. The van der Waals surface area contributed by atoms with Crippen LogP contribution in [0.15, 0.2) is 24.4 Å². The van der Waals surface area contributed by atoms with Gasteiger partial charge in [-0.25, -0.2) is 0 Å². The molecule has 0 atom stereocenters. The number of nitrogens with zero attached hydrogens (tertiary/aromatic N) is 1. The number of unbranched alkanes of at least 4 members (excludes halogenated alkanes) is 10. The first-order chi connectivity index (χ1) is 10.3. The maximum atomic E-state index is 11.3. The minimum Gasteiger partial charge on any atom is -0.616 e. The van der Waals surface area contributed by atoms with Crippen molar-refractivity contribution >= 4 is 0 Å². The highest BCUT2D eigenvalue weighted by Gasteiger charge is 2.02. The van der Waals surface area contributed by atoms with Gasteiger partial charge in [0.25, 0.3) is 0 Å². The second-order valence-corrected chi connectivity index (χ2v) is 5.75. The SMILES string of the molecule is CCCCCCCCCCCCCOc1cccc[n+]1[O-]. The number of hydrogen-bond donors (Lipinski definition) is 0. The minimum absolute atomic E-state index is 0.407. The summed E-state index contributed by atoms with van der Waals surface area (Å²) in [5.74, 6) is 0.407. The zero-order chi connectivity index (χ0) is 15.2. The molecular formula is C18H31NO2. The summed E-state index contributed by atoms with van der Waals surface area (Å²) >= 11 is 0. The Morgan fingerprint density at radius 2 is 1.43 bits per heavy atom. The van der Waals surface area contributed by atoms with Gasteiger partial charge in [0.05, 0.1) is 12.7 Å². The van der Waals surface area contributed by atoms with Crippen LogP contribution in [0.25, 0.3) is 0 Å². The van der Waals surface area contributed by atoms with Crippen LogP contribution in [0.5, 0.6) is 5.88 Å². The highest BCUT2D eigenvalue weighted by Crippen LogP contribution is 2.11. The Kier molecular flexibility index (Phi) is 10.6. The van der Waals surface area contributed by atoms with Crippen LogP contribution in [0.1, 0.15) is 77.6 Å². The maximum absolute atomic E-state index is 11.3. The van der Waals surface area contributed by atoms with Crippen molar-refractivity contribution in [2.75, 3.05) is 6.61 Å². The van der Waals surface area contributed by atoms with Gasteiger partial charge in [-0.05, 0) is 12.5 Å². The monoisotopic (exact) mass is 293 g/mol. The molecule has 0 aromatic carbocycles. The second-order valence-electron chi connectivity index (χ2n) is 5.75. The highest BCUT2D eigenvalue weighted by molar-refractivity contribution is 5.02. The van der Waals surface area contributed by atoms with Crippen molar-refractivity contribution < 1.29 is 9.47 Å². The van der Waals surface area contributed by atoms with Gasteiger partial charge >= 0.3 is 5.88 Å². The van der Waals surface area contributed by atoms with E-state index in [1.54, 1.807) is 12.1 Å². The second kappa shape index (κ2) is 12.5. The lowest BCUT2D eigenvalue weighted by molar-refractivity contribution is -0.612. The topological polar surface area (TPSA) is 36.2 Å². The maximum Gasteiger partial charge on any atom is 0.379 e. The van der Waals surface area contributed by atoms with Crippen molar-refractivity contribution in [1.29, 1.82) is 0 Å². The Morgan fingerprint density at radius 3 is 2.00 bits per heavy atom. The summed E-state index contributed by atoms with van der Waals surface area (Å²) in [6, 6.07) is 5.25. The van der Waals surface area contributed by atoms with Crippen LogP contribution in [-0.2, 0) is 0 Å². The summed E-state index contributed by atoms with van der Waals surface area (Å²) in [7, 11) is 0. The van der Waals surface area contributed by atoms with Crippen molar-refractivity contribution in [3.63, 3.8) is 0 Å². The average Bonchev–Trinajstić information content (AvgIpc) is 2.50. The van der Waals surface area contributed by atoms with Crippen LogP contribution < -0.4 is 9.47 Å². The Hall–Kier alpha value is -1.25. The van der Waals surface area contributed by atoms with Crippen LogP contribution in [0.3, 0.4) is 0 Å². The van der Waals surface area contributed by atoms with Crippen molar-refractivity contribution in [1.82, 2.24) is 0 Å². The molecule has 0 aliphatic carbocycles. The standard InChI is InChI=1S/C18H31NO2/c1-2-3-4-5-6-7-8-9-10-11-14-17-21-18-15-12-13-16-19(18)20/h12-13,15-16H,2-11,14,17H2,1H3. The lowest BCUT2D eigenvalue weighted by Gasteiger charge is -2.06. The van der Waals surface area contributed by atoms with Crippen LogP contribution in [0.4, 0.5) is 0 Å². The first kappa shape index (κ1) is 17.8. The number of rotatable bonds is 13. The molecule has 0 aliphatic rings. The molecule has 0 spiro atoms. The fraction of sp³-hybridized carbons (Fsp3) is 0.722. The molecule has 3 nitrogen and oxygen atoms in total. The third kappa shape index (κ3) is 9.33. The van der Waals surface area contributed by atoms with Crippen LogP contribution >= 0.6 is 0 Å². The quantitative estimate of drug-likeness (QED) is 0.291. The molecule has 1 aromatic rings. The first-order valence-electron chi connectivity index (χ1n) is 8.65. The predicted molar refractivity (Wildman–Crippen MR) is 87.4 cm³/mol. The van der Waals surface area contributed by atoms with Gasteiger partial charge in [0.2, 0.25) is 0 Å². The Labute approximate surface area is 129 Å². The van der Waals surface area contributed by atoms with Crippen LogP contribution in [0.2, 0.25) is 0 Å². The molecule has 0 amide bonds. The third-order valence-electron chi connectivity index (χ3n) is 3.79. The van der Waals surface area contributed by atoms with Crippen molar-refractivity contribution in [3.05, 3.63) is 29.6 Å². The van der Waals surface area contributed by atoms with Gasteiger partial charge in [0.15, 0.2) is 6.20 Å². The molecule has 0 bridgehead atoms. The lowest BCUT2D eigenvalue weighted by Crippen LogP contribution is -2.28. The van der Waals surface area contributed by atoms with Gasteiger partial charge in [0, 0.05) is 6.07 Å². The molecule has 0 fully saturated rings. The summed E-state index contributed by atoms with van der Waals surface area (Å²) in [5, 5.41) is 11.3. The van der Waals surface area contributed by atoms with E-state index in [0.29, 0.717) is 12.5 Å². The third-order valence-corrected chi connectivity index (χ3v) is 3.79. The molecule has 0 aliphatic heterocycles. The Bertz CT molecular complexity index is 355. The summed E-state index contributed by atoms with van der Waals surface area (Å²) in [6.45, 7) is 2.90. The zero-order valence-corrected chi connectivity index (χ0v) is 13.6. The van der Waals surface area contributed by atoms with Crippen LogP contribution in [0, 0.1) is 5.21 Å². The van der Waals surface area contributed by atoms with Gasteiger partial charge in [0.1, 0.15) is 0 Å². The Morgan fingerprint density at radius 1 is 0.857 bits per heavy atom. The highest BCUT2D eigenvalue weighted by atomic mass is 16.5.